The van der Waals surface area contributed by atoms with Gasteiger partial charge in [0.15, 0.2) is 11.5 Å². The molecule has 3 aromatic rings. The van der Waals surface area contributed by atoms with Crippen molar-refractivity contribution < 1.29 is 14.3 Å². The van der Waals surface area contributed by atoms with Gasteiger partial charge in [-0.15, -0.1) is 0 Å². The number of aryl methyl sites for hydroxylation is 1. The number of benzene rings is 1. The minimum atomic E-state index is -0.219. The Morgan fingerprint density at radius 3 is 2.60 bits per heavy atom. The van der Waals surface area contributed by atoms with Crippen molar-refractivity contribution in [1.82, 2.24) is 14.7 Å². The highest BCUT2D eigenvalue weighted by molar-refractivity contribution is 5.93. The second-order valence-corrected chi connectivity index (χ2v) is 5.91. The highest BCUT2D eigenvalue weighted by Gasteiger charge is 2.16. The molecule has 0 radical (unpaired) electrons. The van der Waals surface area contributed by atoms with E-state index >= 15 is 0 Å². The summed E-state index contributed by atoms with van der Waals surface area (Å²) in [7, 11) is 3.18. The van der Waals surface area contributed by atoms with E-state index in [9.17, 15) is 4.79 Å². The summed E-state index contributed by atoms with van der Waals surface area (Å²) < 4.78 is 12.4. The number of imidazole rings is 1. The zero-order valence-corrected chi connectivity index (χ0v) is 14.7. The van der Waals surface area contributed by atoms with E-state index in [1.807, 2.05) is 54.8 Å². The van der Waals surface area contributed by atoms with Crippen LogP contribution >= 0.6 is 0 Å². The number of hydrogen-bond donors (Lipinski definition) is 1. The molecule has 0 saturated carbocycles. The van der Waals surface area contributed by atoms with Gasteiger partial charge in [-0.2, -0.15) is 0 Å². The predicted molar refractivity (Wildman–Crippen MR) is 95.4 cm³/mol. The molecule has 2 heterocycles. The minimum absolute atomic E-state index is 0.196. The molecule has 0 bridgehead atoms. The molecule has 1 aromatic carbocycles. The number of amides is 1. The Bertz CT molecular complexity index is 917. The van der Waals surface area contributed by atoms with Crippen molar-refractivity contribution in [2.45, 2.75) is 19.9 Å². The summed E-state index contributed by atoms with van der Waals surface area (Å²) in [5.41, 5.74) is 3.16. The molecule has 0 saturated heterocycles. The van der Waals surface area contributed by atoms with Gasteiger partial charge in [-0.1, -0.05) is 12.1 Å². The summed E-state index contributed by atoms with van der Waals surface area (Å²) in [6.07, 6.45) is 3.68. The van der Waals surface area contributed by atoms with Crippen molar-refractivity contribution in [3.8, 4) is 11.5 Å². The van der Waals surface area contributed by atoms with E-state index in [1.165, 1.54) is 0 Å². The van der Waals surface area contributed by atoms with E-state index in [0.717, 1.165) is 16.8 Å². The molecule has 1 atom stereocenters. The predicted octanol–water partition coefficient (Wildman–Crippen LogP) is 3.15. The number of nitrogens with one attached hydrogen (secondary N) is 1. The molecule has 2 aromatic heterocycles. The first-order chi connectivity index (χ1) is 12.0. The molecule has 0 aliphatic carbocycles. The van der Waals surface area contributed by atoms with Gasteiger partial charge < -0.3 is 19.2 Å². The average molecular weight is 339 g/mol. The van der Waals surface area contributed by atoms with Crippen LogP contribution in [0.25, 0.3) is 5.65 Å². The van der Waals surface area contributed by atoms with Crippen LogP contribution in [0.5, 0.6) is 11.5 Å². The van der Waals surface area contributed by atoms with Crippen LogP contribution in [0, 0.1) is 6.92 Å². The van der Waals surface area contributed by atoms with Gasteiger partial charge in [-0.05, 0) is 43.2 Å². The summed E-state index contributed by atoms with van der Waals surface area (Å²) in [5.74, 6) is 1.06. The third kappa shape index (κ3) is 3.42. The number of carbonyl (C=O) groups is 1. The lowest BCUT2D eigenvalue weighted by atomic mass is 10.1. The summed E-state index contributed by atoms with van der Waals surface area (Å²) >= 11 is 0. The van der Waals surface area contributed by atoms with E-state index in [1.54, 1.807) is 20.4 Å². The van der Waals surface area contributed by atoms with Gasteiger partial charge in [0.2, 0.25) is 0 Å². The maximum Gasteiger partial charge on any atom is 0.271 e. The Kier molecular flexibility index (Phi) is 4.61. The molecule has 6 heteroatoms. The maximum absolute atomic E-state index is 12.5. The zero-order valence-electron chi connectivity index (χ0n) is 14.7. The van der Waals surface area contributed by atoms with Crippen LogP contribution in [0.1, 0.15) is 34.6 Å². The highest BCUT2D eigenvalue weighted by Crippen LogP contribution is 2.29. The molecule has 1 N–H and O–H groups in total. The largest absolute Gasteiger partial charge is 0.493 e. The number of pyridine rings is 1. The van der Waals surface area contributed by atoms with Gasteiger partial charge in [-0.3, -0.25) is 4.79 Å². The van der Waals surface area contributed by atoms with Crippen molar-refractivity contribution in [2.24, 2.45) is 0 Å². The fourth-order valence-corrected chi connectivity index (χ4v) is 2.69. The number of rotatable bonds is 5. The highest BCUT2D eigenvalue weighted by atomic mass is 16.5. The maximum atomic E-state index is 12.5. The van der Waals surface area contributed by atoms with Crippen molar-refractivity contribution in [2.75, 3.05) is 14.2 Å². The van der Waals surface area contributed by atoms with E-state index in [0.29, 0.717) is 17.2 Å². The van der Waals surface area contributed by atoms with Crippen molar-refractivity contribution in [3.05, 3.63) is 59.5 Å². The van der Waals surface area contributed by atoms with E-state index in [2.05, 4.69) is 10.3 Å². The van der Waals surface area contributed by atoms with Crippen LogP contribution in [0.15, 0.2) is 42.7 Å². The smallest absolute Gasteiger partial charge is 0.271 e. The normalized spacial score (nSPS) is 12.0. The molecular weight excluding hydrogens is 318 g/mol. The zero-order chi connectivity index (χ0) is 18.0. The fraction of sp³-hybridized carbons (Fsp3) is 0.263. The third-order valence-corrected chi connectivity index (χ3v) is 4.09. The number of fused-ring (bicyclic) bond motifs is 1. The van der Waals surface area contributed by atoms with Gasteiger partial charge in [-0.25, -0.2) is 4.98 Å². The van der Waals surface area contributed by atoms with Gasteiger partial charge in [0, 0.05) is 12.4 Å². The second kappa shape index (κ2) is 6.84. The van der Waals surface area contributed by atoms with E-state index in [4.69, 9.17) is 9.47 Å². The topological polar surface area (TPSA) is 64.9 Å². The van der Waals surface area contributed by atoms with E-state index < -0.39 is 0 Å². The molecule has 0 aliphatic heterocycles. The number of methoxy groups -OCH3 is 2. The second-order valence-electron chi connectivity index (χ2n) is 5.91. The Hall–Kier alpha value is -3.02. The van der Waals surface area contributed by atoms with Gasteiger partial charge in [0.25, 0.3) is 5.91 Å². The Balaban J connectivity index is 1.79. The SMILES string of the molecule is COc1ccc([C@H](C)NC(=O)c2cn3cc(C)ccc3n2)cc1OC. The number of carbonyl (C=O) groups excluding carboxylic acids is 1. The number of ether oxygens (including phenoxy) is 2. The monoisotopic (exact) mass is 339 g/mol. The molecule has 130 valence electrons. The molecule has 1 amide bonds. The first kappa shape index (κ1) is 16.8. The summed E-state index contributed by atoms with van der Waals surface area (Å²) in [6.45, 7) is 3.91. The standard InChI is InChI=1S/C19H21N3O3/c1-12-5-8-18-21-15(11-22(18)10-12)19(23)20-13(2)14-6-7-16(24-3)17(9-14)25-4/h5-11,13H,1-4H3,(H,20,23)/t13-/m0/s1. The Morgan fingerprint density at radius 2 is 1.88 bits per heavy atom. The minimum Gasteiger partial charge on any atom is -0.493 e. The number of aromatic nitrogens is 2. The molecule has 0 fully saturated rings. The third-order valence-electron chi connectivity index (χ3n) is 4.09. The molecule has 6 nitrogen and oxygen atoms in total. The number of hydrogen-bond acceptors (Lipinski definition) is 4. The van der Waals surface area contributed by atoms with Crippen LogP contribution < -0.4 is 14.8 Å². The number of nitrogens with zero attached hydrogens (tertiary/aromatic N) is 2. The Morgan fingerprint density at radius 1 is 1.12 bits per heavy atom. The average Bonchev–Trinajstić information content (AvgIpc) is 3.04. The van der Waals surface area contributed by atoms with Crippen molar-refractivity contribution in [3.63, 3.8) is 0 Å². The lowest BCUT2D eigenvalue weighted by Gasteiger charge is -2.16. The fourth-order valence-electron chi connectivity index (χ4n) is 2.69. The first-order valence-corrected chi connectivity index (χ1v) is 8.00. The van der Waals surface area contributed by atoms with Crippen molar-refractivity contribution >= 4 is 11.6 Å². The molecule has 3 rings (SSSR count). The van der Waals surface area contributed by atoms with E-state index in [-0.39, 0.29) is 11.9 Å². The van der Waals surface area contributed by atoms with Gasteiger partial charge in [0.1, 0.15) is 11.3 Å². The summed E-state index contributed by atoms with van der Waals surface area (Å²) in [6, 6.07) is 9.25. The van der Waals surface area contributed by atoms with Crippen LogP contribution in [0.4, 0.5) is 0 Å². The summed E-state index contributed by atoms with van der Waals surface area (Å²) in [5, 5.41) is 2.97. The van der Waals surface area contributed by atoms with Crippen LogP contribution in [-0.2, 0) is 0 Å². The molecule has 0 aliphatic rings. The quantitative estimate of drug-likeness (QED) is 0.775. The van der Waals surface area contributed by atoms with Crippen LogP contribution in [0.3, 0.4) is 0 Å². The lowest BCUT2D eigenvalue weighted by Crippen LogP contribution is -2.26. The summed E-state index contributed by atoms with van der Waals surface area (Å²) in [4.78, 5) is 16.9. The lowest BCUT2D eigenvalue weighted by molar-refractivity contribution is 0.0935. The molecular formula is C19H21N3O3. The molecule has 0 spiro atoms. The van der Waals surface area contributed by atoms with Crippen LogP contribution in [0.2, 0.25) is 0 Å². The van der Waals surface area contributed by atoms with Crippen molar-refractivity contribution in [1.29, 1.82) is 0 Å². The van der Waals surface area contributed by atoms with Crippen LogP contribution in [-0.4, -0.2) is 29.5 Å². The first-order valence-electron chi connectivity index (χ1n) is 8.00. The van der Waals surface area contributed by atoms with Gasteiger partial charge >= 0.3 is 0 Å². The van der Waals surface area contributed by atoms with Gasteiger partial charge in [0.05, 0.1) is 20.3 Å². The molecule has 25 heavy (non-hydrogen) atoms. The molecule has 0 unspecified atom stereocenters. The Labute approximate surface area is 146 Å².